The Morgan fingerprint density at radius 2 is 2.10 bits per heavy atom. The summed E-state index contributed by atoms with van der Waals surface area (Å²) in [5, 5.41) is 14.0. The minimum atomic E-state index is -0.463. The minimum absolute atomic E-state index is 0.0188. The molecule has 1 aromatic rings. The molecule has 0 atom stereocenters. The lowest BCUT2D eigenvalue weighted by molar-refractivity contribution is -0.385. The van der Waals surface area contributed by atoms with E-state index in [1.54, 1.807) is 0 Å². The Morgan fingerprint density at radius 3 is 2.80 bits per heavy atom. The molecule has 1 aliphatic carbocycles. The first-order valence-electron chi connectivity index (χ1n) is 7.30. The monoisotopic (exact) mass is 280 g/mol. The van der Waals surface area contributed by atoms with Gasteiger partial charge in [0.1, 0.15) is 5.82 Å². The minimum Gasteiger partial charge on any atom is -0.312 e. The van der Waals surface area contributed by atoms with E-state index in [2.05, 4.69) is 5.32 Å². The van der Waals surface area contributed by atoms with Crippen LogP contribution in [-0.4, -0.2) is 11.5 Å². The number of nitro benzene ring substituents is 1. The number of hydrogen-bond donors (Lipinski definition) is 1. The van der Waals surface area contributed by atoms with Crippen molar-refractivity contribution in [1.29, 1.82) is 0 Å². The quantitative estimate of drug-likeness (QED) is 0.469. The van der Waals surface area contributed by atoms with E-state index < -0.39 is 10.7 Å². The van der Waals surface area contributed by atoms with Crippen molar-refractivity contribution >= 4 is 5.69 Å². The molecule has 0 saturated heterocycles. The summed E-state index contributed by atoms with van der Waals surface area (Å²) in [4.78, 5) is 10.4. The highest BCUT2D eigenvalue weighted by atomic mass is 19.1. The first-order valence-corrected chi connectivity index (χ1v) is 7.30. The standard InChI is InChI=1S/C15H21FN2O2/c16-14-7-8-15(18(19)20)13(10-14)11-17-9-3-6-12-4-1-2-5-12/h7-8,10,12,17H,1-6,9,11H2. The Bertz CT molecular complexity index is 459. The highest BCUT2D eigenvalue weighted by Crippen LogP contribution is 2.28. The van der Waals surface area contributed by atoms with E-state index in [1.807, 2.05) is 0 Å². The van der Waals surface area contributed by atoms with Crippen LogP contribution in [0.25, 0.3) is 0 Å². The summed E-state index contributed by atoms with van der Waals surface area (Å²) < 4.78 is 13.1. The molecule has 0 unspecified atom stereocenters. The first kappa shape index (κ1) is 14.9. The Labute approximate surface area is 118 Å². The number of rotatable bonds is 7. The maximum atomic E-state index is 13.1. The fourth-order valence-corrected chi connectivity index (χ4v) is 2.91. The van der Waals surface area contributed by atoms with Gasteiger partial charge in [0.2, 0.25) is 0 Å². The molecule has 2 rings (SSSR count). The van der Waals surface area contributed by atoms with Gasteiger partial charge in [-0.1, -0.05) is 25.7 Å². The molecular weight excluding hydrogens is 259 g/mol. The zero-order valence-electron chi connectivity index (χ0n) is 11.6. The van der Waals surface area contributed by atoms with Gasteiger partial charge >= 0.3 is 0 Å². The Morgan fingerprint density at radius 1 is 1.35 bits per heavy atom. The molecule has 1 saturated carbocycles. The lowest BCUT2D eigenvalue weighted by atomic mass is 10.0. The molecule has 110 valence electrons. The zero-order valence-corrected chi connectivity index (χ0v) is 11.6. The van der Waals surface area contributed by atoms with Gasteiger partial charge in [0.25, 0.3) is 5.69 Å². The molecule has 0 aliphatic heterocycles. The molecule has 0 amide bonds. The topological polar surface area (TPSA) is 55.2 Å². The van der Waals surface area contributed by atoms with Crippen molar-refractivity contribution in [2.24, 2.45) is 5.92 Å². The molecule has 1 aliphatic rings. The molecule has 5 heteroatoms. The lowest BCUT2D eigenvalue weighted by Crippen LogP contribution is -2.16. The van der Waals surface area contributed by atoms with E-state index in [0.717, 1.165) is 24.9 Å². The van der Waals surface area contributed by atoms with Crippen LogP contribution in [0.15, 0.2) is 18.2 Å². The highest BCUT2D eigenvalue weighted by molar-refractivity contribution is 5.40. The van der Waals surface area contributed by atoms with Gasteiger partial charge in [0.15, 0.2) is 0 Å². The van der Waals surface area contributed by atoms with Crippen LogP contribution < -0.4 is 5.32 Å². The molecule has 0 aromatic heterocycles. The van der Waals surface area contributed by atoms with Gasteiger partial charge in [-0.15, -0.1) is 0 Å². The number of nitrogens with one attached hydrogen (secondary N) is 1. The Kier molecular flexibility index (Phi) is 5.47. The zero-order chi connectivity index (χ0) is 14.4. The van der Waals surface area contributed by atoms with Gasteiger partial charge in [-0.05, 0) is 37.4 Å². The predicted molar refractivity (Wildman–Crippen MR) is 76.0 cm³/mol. The average molecular weight is 280 g/mol. The van der Waals surface area contributed by atoms with Crippen molar-refractivity contribution < 1.29 is 9.31 Å². The third-order valence-corrected chi connectivity index (χ3v) is 3.99. The number of benzene rings is 1. The molecule has 1 aromatic carbocycles. The maximum Gasteiger partial charge on any atom is 0.274 e. The van der Waals surface area contributed by atoms with Crippen molar-refractivity contribution in [3.63, 3.8) is 0 Å². The molecule has 0 radical (unpaired) electrons. The molecule has 0 spiro atoms. The van der Waals surface area contributed by atoms with E-state index in [0.29, 0.717) is 12.1 Å². The van der Waals surface area contributed by atoms with Gasteiger partial charge < -0.3 is 5.32 Å². The molecule has 1 N–H and O–H groups in total. The van der Waals surface area contributed by atoms with Gasteiger partial charge in [-0.25, -0.2) is 4.39 Å². The molecule has 20 heavy (non-hydrogen) atoms. The fraction of sp³-hybridized carbons (Fsp3) is 0.600. The van der Waals surface area contributed by atoms with E-state index in [-0.39, 0.29) is 5.69 Å². The number of halogens is 1. The Hall–Kier alpha value is -1.49. The lowest BCUT2D eigenvalue weighted by Gasteiger charge is -2.09. The SMILES string of the molecule is O=[N+]([O-])c1ccc(F)cc1CNCCCC1CCCC1. The van der Waals surface area contributed by atoms with Crippen molar-refractivity contribution in [2.75, 3.05) is 6.54 Å². The van der Waals surface area contributed by atoms with Gasteiger partial charge in [0, 0.05) is 18.2 Å². The van der Waals surface area contributed by atoms with E-state index in [4.69, 9.17) is 0 Å². The van der Waals surface area contributed by atoms with Crippen molar-refractivity contribution in [1.82, 2.24) is 5.32 Å². The van der Waals surface area contributed by atoms with Crippen LogP contribution in [0, 0.1) is 21.8 Å². The van der Waals surface area contributed by atoms with Crippen LogP contribution in [0.4, 0.5) is 10.1 Å². The van der Waals surface area contributed by atoms with Crippen LogP contribution in [0.1, 0.15) is 44.1 Å². The normalized spacial score (nSPS) is 15.7. The summed E-state index contributed by atoms with van der Waals surface area (Å²) in [5.41, 5.74) is 0.394. The highest BCUT2D eigenvalue weighted by Gasteiger charge is 2.15. The number of hydrogen-bond acceptors (Lipinski definition) is 3. The summed E-state index contributed by atoms with van der Waals surface area (Å²) in [5.74, 6) is 0.429. The summed E-state index contributed by atoms with van der Waals surface area (Å²) in [7, 11) is 0. The Balaban J connectivity index is 1.75. The first-order chi connectivity index (χ1) is 9.66. The second-order valence-electron chi connectivity index (χ2n) is 5.50. The van der Waals surface area contributed by atoms with Gasteiger partial charge in [-0.3, -0.25) is 10.1 Å². The van der Waals surface area contributed by atoms with Crippen LogP contribution in [0.5, 0.6) is 0 Å². The molecular formula is C15H21FN2O2. The van der Waals surface area contributed by atoms with Crippen molar-refractivity contribution in [3.05, 3.63) is 39.7 Å². The summed E-state index contributed by atoms with van der Waals surface area (Å²) >= 11 is 0. The smallest absolute Gasteiger partial charge is 0.274 e. The largest absolute Gasteiger partial charge is 0.312 e. The van der Waals surface area contributed by atoms with Gasteiger partial charge in [-0.2, -0.15) is 0 Å². The summed E-state index contributed by atoms with van der Waals surface area (Å²) in [6.07, 6.45) is 7.69. The van der Waals surface area contributed by atoms with Crippen LogP contribution in [0.2, 0.25) is 0 Å². The second-order valence-corrected chi connectivity index (χ2v) is 5.50. The molecule has 4 nitrogen and oxygen atoms in total. The van der Waals surface area contributed by atoms with Crippen LogP contribution in [-0.2, 0) is 6.54 Å². The second kappa shape index (κ2) is 7.33. The third kappa shape index (κ3) is 4.27. The molecule has 0 bridgehead atoms. The fourth-order valence-electron chi connectivity index (χ4n) is 2.91. The van der Waals surface area contributed by atoms with Crippen molar-refractivity contribution in [2.45, 2.75) is 45.1 Å². The van der Waals surface area contributed by atoms with E-state index >= 15 is 0 Å². The molecule has 0 heterocycles. The number of nitro groups is 1. The summed E-state index contributed by atoms with van der Waals surface area (Å²) in [6.45, 7) is 1.17. The molecule has 1 fully saturated rings. The van der Waals surface area contributed by atoms with Crippen LogP contribution in [0.3, 0.4) is 0 Å². The average Bonchev–Trinajstić information content (AvgIpc) is 2.91. The summed E-state index contributed by atoms with van der Waals surface area (Å²) in [6, 6.07) is 3.59. The van der Waals surface area contributed by atoms with Crippen LogP contribution >= 0.6 is 0 Å². The maximum absolute atomic E-state index is 13.1. The van der Waals surface area contributed by atoms with E-state index in [9.17, 15) is 14.5 Å². The predicted octanol–water partition coefficient (Wildman–Crippen LogP) is 3.79. The third-order valence-electron chi connectivity index (χ3n) is 3.99. The van der Waals surface area contributed by atoms with E-state index in [1.165, 1.54) is 44.2 Å². The number of nitrogens with zero attached hydrogens (tertiary/aromatic N) is 1. The van der Waals surface area contributed by atoms with Crippen molar-refractivity contribution in [3.8, 4) is 0 Å². The van der Waals surface area contributed by atoms with Gasteiger partial charge in [0.05, 0.1) is 4.92 Å².